The highest BCUT2D eigenvalue weighted by atomic mass is 32.1. The maximum absolute atomic E-state index is 12.8. The molecule has 0 aliphatic carbocycles. The minimum atomic E-state index is 0.0714. The van der Waals surface area contributed by atoms with Crippen molar-refractivity contribution in [1.29, 1.82) is 0 Å². The van der Waals surface area contributed by atoms with Gasteiger partial charge in [0.25, 0.3) is 5.56 Å². The van der Waals surface area contributed by atoms with Gasteiger partial charge in [0, 0.05) is 37.5 Å². The van der Waals surface area contributed by atoms with Gasteiger partial charge in [0.1, 0.15) is 4.83 Å². The van der Waals surface area contributed by atoms with Gasteiger partial charge in [-0.05, 0) is 31.4 Å². The van der Waals surface area contributed by atoms with Crippen LogP contribution >= 0.6 is 11.3 Å². The van der Waals surface area contributed by atoms with Gasteiger partial charge in [0.2, 0.25) is 5.91 Å². The summed E-state index contributed by atoms with van der Waals surface area (Å²) in [5.41, 5.74) is 1.26. The van der Waals surface area contributed by atoms with Crippen molar-refractivity contribution >= 4 is 27.5 Å². The summed E-state index contributed by atoms with van der Waals surface area (Å²) in [6.07, 6.45) is 4.99. The number of hydrogen-bond acceptors (Lipinski definition) is 5. The van der Waals surface area contributed by atoms with Crippen LogP contribution in [-0.4, -0.2) is 40.0 Å². The van der Waals surface area contributed by atoms with E-state index in [0.717, 1.165) is 55.7 Å². The molecule has 23 heavy (non-hydrogen) atoms. The fourth-order valence-corrected chi connectivity index (χ4v) is 4.63. The molecule has 0 radical (unpaired) electrons. The predicted molar refractivity (Wildman–Crippen MR) is 89.7 cm³/mol. The predicted octanol–water partition coefficient (Wildman–Crippen LogP) is 1.12. The molecule has 0 aromatic carbocycles. The van der Waals surface area contributed by atoms with Crippen molar-refractivity contribution in [3.63, 3.8) is 0 Å². The molecular formula is C16H20N4O2S. The Bertz CT molecular complexity index is 810. The van der Waals surface area contributed by atoms with Gasteiger partial charge in [0.15, 0.2) is 0 Å². The van der Waals surface area contributed by atoms with Gasteiger partial charge < -0.3 is 10.2 Å². The van der Waals surface area contributed by atoms with Crippen LogP contribution in [0.1, 0.15) is 29.7 Å². The van der Waals surface area contributed by atoms with Crippen LogP contribution in [0.2, 0.25) is 0 Å². The highest BCUT2D eigenvalue weighted by Gasteiger charge is 2.21. The highest BCUT2D eigenvalue weighted by Crippen LogP contribution is 2.29. The molecule has 4 rings (SSSR count). The Kier molecular flexibility index (Phi) is 3.90. The summed E-state index contributed by atoms with van der Waals surface area (Å²) in [5, 5.41) is 4.15. The first kappa shape index (κ1) is 14.8. The second-order valence-corrected chi connectivity index (χ2v) is 7.28. The Hall–Kier alpha value is -1.73. The van der Waals surface area contributed by atoms with Crippen molar-refractivity contribution in [1.82, 2.24) is 19.8 Å². The molecule has 1 saturated heterocycles. The zero-order chi connectivity index (χ0) is 15.8. The van der Waals surface area contributed by atoms with Crippen molar-refractivity contribution in [3.8, 4) is 0 Å². The van der Waals surface area contributed by atoms with Gasteiger partial charge in [-0.2, -0.15) is 0 Å². The number of amides is 1. The Morgan fingerprint density at radius 1 is 1.26 bits per heavy atom. The van der Waals surface area contributed by atoms with Crippen LogP contribution in [0.4, 0.5) is 0 Å². The summed E-state index contributed by atoms with van der Waals surface area (Å²) in [4.78, 5) is 32.9. The topological polar surface area (TPSA) is 67.2 Å². The lowest BCUT2D eigenvalue weighted by Crippen LogP contribution is -2.28. The molecule has 7 heteroatoms. The van der Waals surface area contributed by atoms with E-state index in [4.69, 9.17) is 0 Å². The Balaban J connectivity index is 1.55. The number of nitrogens with zero attached hydrogens (tertiary/aromatic N) is 3. The first-order valence-electron chi connectivity index (χ1n) is 8.22. The van der Waals surface area contributed by atoms with Crippen molar-refractivity contribution in [2.75, 3.05) is 19.6 Å². The Morgan fingerprint density at radius 3 is 3.00 bits per heavy atom. The van der Waals surface area contributed by atoms with Gasteiger partial charge in [-0.25, -0.2) is 4.98 Å². The smallest absolute Gasteiger partial charge is 0.262 e. The van der Waals surface area contributed by atoms with Gasteiger partial charge in [-0.15, -0.1) is 11.3 Å². The maximum atomic E-state index is 12.8. The highest BCUT2D eigenvalue weighted by molar-refractivity contribution is 7.18. The molecule has 2 aliphatic rings. The lowest BCUT2D eigenvalue weighted by Gasteiger charge is -2.15. The van der Waals surface area contributed by atoms with Crippen molar-refractivity contribution in [2.24, 2.45) is 0 Å². The van der Waals surface area contributed by atoms with E-state index in [2.05, 4.69) is 10.3 Å². The maximum Gasteiger partial charge on any atom is 0.262 e. The van der Waals surface area contributed by atoms with Crippen LogP contribution in [0.5, 0.6) is 0 Å². The van der Waals surface area contributed by atoms with E-state index in [-0.39, 0.29) is 11.5 Å². The van der Waals surface area contributed by atoms with E-state index >= 15 is 0 Å². The lowest BCUT2D eigenvalue weighted by molar-refractivity contribution is -0.127. The molecular weight excluding hydrogens is 312 g/mol. The zero-order valence-electron chi connectivity index (χ0n) is 13.0. The summed E-state index contributed by atoms with van der Waals surface area (Å²) < 4.78 is 1.71. The van der Waals surface area contributed by atoms with Crippen LogP contribution in [-0.2, 0) is 24.3 Å². The third-order valence-corrected chi connectivity index (χ3v) is 5.84. The van der Waals surface area contributed by atoms with Crippen LogP contribution in [0.25, 0.3) is 10.2 Å². The minimum absolute atomic E-state index is 0.0714. The van der Waals surface area contributed by atoms with Gasteiger partial charge >= 0.3 is 0 Å². The number of fused-ring (bicyclic) bond motifs is 3. The summed E-state index contributed by atoms with van der Waals surface area (Å²) >= 11 is 1.63. The second-order valence-electron chi connectivity index (χ2n) is 6.19. The third-order valence-electron chi connectivity index (χ3n) is 4.70. The summed E-state index contributed by atoms with van der Waals surface area (Å²) in [5.74, 6) is 0.241. The molecule has 0 bridgehead atoms. The molecule has 1 fully saturated rings. The number of aryl methyl sites for hydroxylation is 1. The van der Waals surface area contributed by atoms with Crippen molar-refractivity contribution in [3.05, 3.63) is 27.1 Å². The molecule has 2 aliphatic heterocycles. The first-order chi connectivity index (χ1) is 11.2. The van der Waals surface area contributed by atoms with E-state index in [9.17, 15) is 9.59 Å². The number of likely N-dealkylation sites (tertiary alicyclic amines) is 1. The Labute approximate surface area is 138 Å². The summed E-state index contributed by atoms with van der Waals surface area (Å²) in [6.45, 7) is 3.97. The molecule has 2 aromatic rings. The molecule has 122 valence electrons. The number of rotatable bonds is 4. The Morgan fingerprint density at radius 2 is 2.17 bits per heavy atom. The molecule has 0 saturated carbocycles. The van der Waals surface area contributed by atoms with Gasteiger partial charge in [-0.1, -0.05) is 0 Å². The fraction of sp³-hybridized carbons (Fsp3) is 0.562. The number of nitrogens with one attached hydrogen (secondary N) is 1. The molecule has 1 N–H and O–H groups in total. The zero-order valence-corrected chi connectivity index (χ0v) is 13.8. The summed E-state index contributed by atoms with van der Waals surface area (Å²) in [7, 11) is 0. The summed E-state index contributed by atoms with van der Waals surface area (Å²) in [6, 6.07) is 0. The van der Waals surface area contributed by atoms with E-state index in [1.54, 1.807) is 22.2 Å². The first-order valence-corrected chi connectivity index (χ1v) is 9.04. The SMILES string of the molecule is O=C1CCCN1CCCn1cnc2sc3c(c2c1=O)CCNC3. The fourth-order valence-electron chi connectivity index (χ4n) is 3.48. The van der Waals surface area contributed by atoms with E-state index < -0.39 is 0 Å². The molecule has 6 nitrogen and oxygen atoms in total. The van der Waals surface area contributed by atoms with E-state index in [1.807, 2.05) is 4.90 Å². The number of carbonyl (C=O) groups is 1. The van der Waals surface area contributed by atoms with Crippen LogP contribution < -0.4 is 10.9 Å². The standard InChI is InChI=1S/C16H20N4O2S/c21-13-3-1-6-19(13)7-2-8-20-10-18-15-14(16(20)22)11-4-5-17-9-12(11)23-15/h10,17H,1-9H2. The third kappa shape index (κ3) is 2.68. The largest absolute Gasteiger partial charge is 0.343 e. The number of aromatic nitrogens is 2. The number of thiophene rings is 1. The van der Waals surface area contributed by atoms with Crippen molar-refractivity contribution < 1.29 is 4.79 Å². The normalized spacial score (nSPS) is 17.9. The minimum Gasteiger partial charge on any atom is -0.343 e. The molecule has 0 spiro atoms. The van der Waals surface area contributed by atoms with Crippen LogP contribution in [0.3, 0.4) is 0 Å². The molecule has 2 aromatic heterocycles. The lowest BCUT2D eigenvalue weighted by atomic mass is 10.1. The average Bonchev–Trinajstić information content (AvgIpc) is 3.13. The van der Waals surface area contributed by atoms with Crippen LogP contribution in [0, 0.1) is 0 Å². The van der Waals surface area contributed by atoms with Gasteiger partial charge in [-0.3, -0.25) is 14.2 Å². The second kappa shape index (κ2) is 6.05. The van der Waals surface area contributed by atoms with E-state index in [0.29, 0.717) is 13.0 Å². The van der Waals surface area contributed by atoms with E-state index in [1.165, 1.54) is 10.4 Å². The molecule has 1 amide bonds. The monoisotopic (exact) mass is 332 g/mol. The van der Waals surface area contributed by atoms with Gasteiger partial charge in [0.05, 0.1) is 11.7 Å². The number of hydrogen-bond donors (Lipinski definition) is 1. The average molecular weight is 332 g/mol. The molecule has 4 heterocycles. The molecule has 0 unspecified atom stereocenters. The number of carbonyl (C=O) groups excluding carboxylic acids is 1. The van der Waals surface area contributed by atoms with Crippen molar-refractivity contribution in [2.45, 2.75) is 38.8 Å². The molecule has 0 atom stereocenters. The quantitative estimate of drug-likeness (QED) is 0.911. The van der Waals surface area contributed by atoms with Crippen LogP contribution in [0.15, 0.2) is 11.1 Å².